The monoisotopic (exact) mass is 422 g/mol. The van der Waals surface area contributed by atoms with E-state index in [9.17, 15) is 14.7 Å². The molecule has 0 amide bonds. The fraction of sp³-hybridized carbons (Fsp3) is 0.760. The molecule has 172 valence electrons. The van der Waals surface area contributed by atoms with Crippen molar-refractivity contribution in [2.24, 2.45) is 11.8 Å². The quantitative estimate of drug-likeness (QED) is 0.227. The van der Waals surface area contributed by atoms with Crippen molar-refractivity contribution in [2.45, 2.75) is 110 Å². The van der Waals surface area contributed by atoms with Gasteiger partial charge in [0.1, 0.15) is 6.10 Å². The lowest BCUT2D eigenvalue weighted by molar-refractivity contribution is -0.148. The van der Waals surface area contributed by atoms with Crippen LogP contribution in [0.2, 0.25) is 0 Å². The van der Waals surface area contributed by atoms with E-state index in [0.717, 1.165) is 25.7 Å². The highest BCUT2D eigenvalue weighted by molar-refractivity contribution is 5.69. The van der Waals surface area contributed by atoms with Gasteiger partial charge in [-0.25, -0.2) is 0 Å². The van der Waals surface area contributed by atoms with Crippen molar-refractivity contribution >= 4 is 11.9 Å². The van der Waals surface area contributed by atoms with Crippen LogP contribution in [0.1, 0.15) is 91.9 Å². The van der Waals surface area contributed by atoms with Crippen molar-refractivity contribution in [2.75, 3.05) is 0 Å². The molecule has 0 aromatic heterocycles. The summed E-state index contributed by atoms with van der Waals surface area (Å²) in [6, 6.07) is 0. The summed E-state index contributed by atoms with van der Waals surface area (Å²) in [6.07, 6.45) is 16.8. The molecule has 1 aliphatic rings. The Bertz CT molecular complexity index is 552. The molecular formula is C25H42O5. The third-order valence-electron chi connectivity index (χ3n) is 5.49. The average molecular weight is 423 g/mol. The molecule has 0 heterocycles. The molecule has 0 spiro atoms. The predicted molar refractivity (Wildman–Crippen MR) is 120 cm³/mol. The van der Waals surface area contributed by atoms with Crippen molar-refractivity contribution < 1.29 is 24.2 Å². The number of aliphatic hydroxyl groups excluding tert-OH is 1. The summed E-state index contributed by atoms with van der Waals surface area (Å²) in [6.45, 7) is 7.33. The second-order valence-corrected chi connectivity index (χ2v) is 8.61. The predicted octanol–water partition coefficient (Wildman–Crippen LogP) is 5.51. The van der Waals surface area contributed by atoms with E-state index in [2.05, 4.69) is 31.2 Å². The molecule has 1 rings (SSSR count). The smallest absolute Gasteiger partial charge is 0.306 e. The van der Waals surface area contributed by atoms with Gasteiger partial charge in [-0.05, 0) is 51.9 Å². The highest BCUT2D eigenvalue weighted by Crippen LogP contribution is 2.38. The van der Waals surface area contributed by atoms with Crippen LogP contribution in [-0.2, 0) is 19.1 Å². The zero-order valence-corrected chi connectivity index (χ0v) is 19.3. The lowest BCUT2D eigenvalue weighted by atomic mass is 9.89. The third-order valence-corrected chi connectivity index (χ3v) is 5.49. The van der Waals surface area contributed by atoms with E-state index in [1.165, 1.54) is 32.6 Å². The van der Waals surface area contributed by atoms with E-state index in [4.69, 9.17) is 9.47 Å². The van der Waals surface area contributed by atoms with Crippen molar-refractivity contribution in [3.05, 3.63) is 24.3 Å². The van der Waals surface area contributed by atoms with Gasteiger partial charge in [0.25, 0.3) is 0 Å². The van der Waals surface area contributed by atoms with Crippen LogP contribution in [0.5, 0.6) is 0 Å². The van der Waals surface area contributed by atoms with E-state index in [-0.39, 0.29) is 36.0 Å². The number of aliphatic hydroxyl groups is 1. The Morgan fingerprint density at radius 2 is 1.80 bits per heavy atom. The zero-order valence-electron chi connectivity index (χ0n) is 19.3. The summed E-state index contributed by atoms with van der Waals surface area (Å²) in [4.78, 5) is 23.0. The summed E-state index contributed by atoms with van der Waals surface area (Å²) in [5.41, 5.74) is 0. The molecule has 1 saturated carbocycles. The van der Waals surface area contributed by atoms with Gasteiger partial charge in [0.05, 0.1) is 12.2 Å². The van der Waals surface area contributed by atoms with Crippen molar-refractivity contribution in [1.82, 2.24) is 0 Å². The number of ether oxygens (including phenoxy) is 2. The Hall–Kier alpha value is -1.62. The maximum absolute atomic E-state index is 11.6. The Balaban J connectivity index is 2.53. The molecule has 0 saturated heterocycles. The third kappa shape index (κ3) is 11.0. The first kappa shape index (κ1) is 26.4. The highest BCUT2D eigenvalue weighted by atomic mass is 16.5. The van der Waals surface area contributed by atoms with E-state index < -0.39 is 6.10 Å². The zero-order chi connectivity index (χ0) is 22.4. The van der Waals surface area contributed by atoms with E-state index in [1.807, 2.05) is 13.8 Å². The van der Waals surface area contributed by atoms with Gasteiger partial charge < -0.3 is 14.6 Å². The molecule has 0 bridgehead atoms. The fourth-order valence-corrected chi connectivity index (χ4v) is 4.02. The molecule has 0 aromatic rings. The Morgan fingerprint density at radius 1 is 1.07 bits per heavy atom. The Morgan fingerprint density at radius 3 is 2.47 bits per heavy atom. The van der Waals surface area contributed by atoms with Gasteiger partial charge in [-0.2, -0.15) is 0 Å². The molecule has 0 unspecified atom stereocenters. The standard InChI is InChI=1S/C25H42O5/c1-5-6-7-8-9-13-16-22-21(23(27)18-24(22)30-20(4)26)15-12-10-11-14-17-25(28)29-19(2)3/h10,12-13,16,19,21-24,27H,5-9,11,14-15,17-18H2,1-4H3/b12-10-,16-13+/t21-,22-,23+,24-/m1/s1. The van der Waals surface area contributed by atoms with Crippen LogP contribution in [0.3, 0.4) is 0 Å². The summed E-state index contributed by atoms with van der Waals surface area (Å²) < 4.78 is 10.6. The molecule has 1 fully saturated rings. The summed E-state index contributed by atoms with van der Waals surface area (Å²) in [5.74, 6) is -0.361. The van der Waals surface area contributed by atoms with Crippen LogP contribution in [0.15, 0.2) is 24.3 Å². The number of hydrogen-bond acceptors (Lipinski definition) is 5. The largest absolute Gasteiger partial charge is 0.463 e. The van der Waals surface area contributed by atoms with Gasteiger partial charge in [-0.3, -0.25) is 9.59 Å². The first-order valence-corrected chi connectivity index (χ1v) is 11.7. The molecule has 5 heteroatoms. The lowest BCUT2D eigenvalue weighted by Crippen LogP contribution is -2.23. The number of hydrogen-bond donors (Lipinski definition) is 1. The van der Waals surface area contributed by atoms with Gasteiger partial charge in [-0.1, -0.05) is 50.5 Å². The van der Waals surface area contributed by atoms with Gasteiger partial charge in [-0.15, -0.1) is 0 Å². The molecule has 0 radical (unpaired) electrons. The number of unbranched alkanes of at least 4 members (excludes halogenated alkanes) is 5. The summed E-state index contributed by atoms with van der Waals surface area (Å²) >= 11 is 0. The van der Waals surface area contributed by atoms with Crippen molar-refractivity contribution in [1.29, 1.82) is 0 Å². The molecule has 5 nitrogen and oxygen atoms in total. The molecule has 1 N–H and O–H groups in total. The molecule has 1 aliphatic carbocycles. The van der Waals surface area contributed by atoms with Gasteiger partial charge >= 0.3 is 11.9 Å². The van der Waals surface area contributed by atoms with Crippen LogP contribution >= 0.6 is 0 Å². The van der Waals surface area contributed by atoms with Crippen LogP contribution < -0.4 is 0 Å². The topological polar surface area (TPSA) is 72.8 Å². The number of rotatable bonds is 14. The maximum Gasteiger partial charge on any atom is 0.306 e. The van der Waals surface area contributed by atoms with E-state index >= 15 is 0 Å². The summed E-state index contributed by atoms with van der Waals surface area (Å²) in [5, 5.41) is 10.6. The van der Waals surface area contributed by atoms with Crippen LogP contribution in [-0.4, -0.2) is 35.4 Å². The highest BCUT2D eigenvalue weighted by Gasteiger charge is 2.42. The van der Waals surface area contributed by atoms with Crippen LogP contribution in [0.25, 0.3) is 0 Å². The second-order valence-electron chi connectivity index (χ2n) is 8.61. The number of carbonyl (C=O) groups excluding carboxylic acids is 2. The van der Waals surface area contributed by atoms with Crippen molar-refractivity contribution in [3.8, 4) is 0 Å². The van der Waals surface area contributed by atoms with Crippen molar-refractivity contribution in [3.63, 3.8) is 0 Å². The summed E-state index contributed by atoms with van der Waals surface area (Å²) in [7, 11) is 0. The Kier molecular flexibility index (Phi) is 13.4. The van der Waals surface area contributed by atoms with Crippen LogP contribution in [0.4, 0.5) is 0 Å². The SMILES string of the molecule is CCCCCC/C=C/[C@@H]1[C@@H](C/C=C\CCCC(=O)OC(C)C)[C@@H](O)C[C@H]1OC(C)=O. The second kappa shape index (κ2) is 15.2. The van der Waals surface area contributed by atoms with Gasteiger partial charge in [0, 0.05) is 25.7 Å². The molecule has 4 atom stereocenters. The molecular weight excluding hydrogens is 380 g/mol. The van der Waals surface area contributed by atoms with E-state index in [1.54, 1.807) is 0 Å². The molecule has 0 aliphatic heterocycles. The lowest BCUT2D eigenvalue weighted by Gasteiger charge is -2.21. The fourth-order valence-electron chi connectivity index (χ4n) is 4.02. The number of esters is 2. The minimum atomic E-state index is -0.477. The molecule has 0 aromatic carbocycles. The van der Waals surface area contributed by atoms with Gasteiger partial charge in [0.2, 0.25) is 0 Å². The first-order chi connectivity index (χ1) is 14.3. The van der Waals surface area contributed by atoms with E-state index in [0.29, 0.717) is 12.8 Å². The number of allylic oxidation sites excluding steroid dienone is 3. The maximum atomic E-state index is 11.6. The Labute approximate surface area is 182 Å². The van der Waals surface area contributed by atoms with Crippen LogP contribution in [0, 0.1) is 11.8 Å². The number of carbonyl (C=O) groups is 2. The minimum absolute atomic E-state index is 0.0424. The van der Waals surface area contributed by atoms with Gasteiger partial charge in [0.15, 0.2) is 0 Å². The average Bonchev–Trinajstić information content (AvgIpc) is 2.94. The first-order valence-electron chi connectivity index (χ1n) is 11.7. The normalized spacial score (nSPS) is 24.2. The molecule has 30 heavy (non-hydrogen) atoms. The minimum Gasteiger partial charge on any atom is -0.463 e.